The highest BCUT2D eigenvalue weighted by Crippen LogP contribution is 2.33. The molecular weight excluding hydrogens is 539 g/mol. The SMILES string of the molecule is CNc1cc2c(cn1)cc(-c1cc(NC(=O)Nc3cc(C(F)(F)F)ccc3F)c(F)cc1CN)c(=O)n2CCO. The molecule has 0 aliphatic rings. The van der Waals surface area contributed by atoms with Crippen molar-refractivity contribution in [1.82, 2.24) is 9.55 Å². The standard InChI is InChI=1S/C26H23F5N6O3/c1-33-23-10-22-14(12-34-23)6-17(24(39)37(22)4-5-38)16-9-21(19(28)7-13(16)11-32)36-25(40)35-20-8-15(26(29,30)31)2-3-18(20)27/h2-3,6-10,12,38H,4-5,11,32H2,1H3,(H,33,34)(H2,35,36,40). The van der Waals surface area contributed by atoms with Gasteiger partial charge < -0.3 is 31.4 Å². The number of pyridine rings is 2. The Morgan fingerprint density at radius 1 is 1.02 bits per heavy atom. The zero-order valence-electron chi connectivity index (χ0n) is 20.9. The number of amides is 2. The highest BCUT2D eigenvalue weighted by atomic mass is 19.4. The van der Waals surface area contributed by atoms with E-state index in [1.165, 1.54) is 16.8 Å². The number of benzene rings is 2. The number of halogens is 5. The van der Waals surface area contributed by atoms with Crippen LogP contribution in [0.2, 0.25) is 0 Å². The van der Waals surface area contributed by atoms with Crippen LogP contribution in [0.5, 0.6) is 0 Å². The lowest BCUT2D eigenvalue weighted by atomic mass is 9.98. The molecule has 0 saturated carbocycles. The zero-order chi connectivity index (χ0) is 29.2. The van der Waals surface area contributed by atoms with E-state index in [1.807, 2.05) is 5.32 Å². The minimum atomic E-state index is -4.79. The molecule has 0 atom stereocenters. The van der Waals surface area contributed by atoms with Crippen molar-refractivity contribution < 1.29 is 31.9 Å². The van der Waals surface area contributed by atoms with Crippen molar-refractivity contribution in [1.29, 1.82) is 0 Å². The maximum Gasteiger partial charge on any atom is 0.416 e. The Hall–Kier alpha value is -4.56. The van der Waals surface area contributed by atoms with Gasteiger partial charge in [0.05, 0.1) is 29.1 Å². The smallest absolute Gasteiger partial charge is 0.395 e. The number of nitrogens with one attached hydrogen (secondary N) is 3. The molecule has 0 spiro atoms. The molecule has 2 aromatic heterocycles. The van der Waals surface area contributed by atoms with Gasteiger partial charge in [-0.2, -0.15) is 13.2 Å². The molecule has 2 aromatic carbocycles. The van der Waals surface area contributed by atoms with E-state index in [0.29, 0.717) is 34.9 Å². The van der Waals surface area contributed by atoms with Crippen molar-refractivity contribution in [3.63, 3.8) is 0 Å². The number of nitrogens with two attached hydrogens (primary N) is 1. The minimum absolute atomic E-state index is 0.0628. The van der Waals surface area contributed by atoms with E-state index in [0.717, 1.165) is 12.1 Å². The molecule has 2 amide bonds. The van der Waals surface area contributed by atoms with Gasteiger partial charge in [0.15, 0.2) is 0 Å². The van der Waals surface area contributed by atoms with Gasteiger partial charge in [-0.3, -0.25) is 4.79 Å². The van der Waals surface area contributed by atoms with Crippen molar-refractivity contribution >= 4 is 34.1 Å². The summed E-state index contributed by atoms with van der Waals surface area (Å²) in [5.74, 6) is -1.62. The molecule has 0 fully saturated rings. The number of aliphatic hydroxyl groups is 1. The Kier molecular flexibility index (Phi) is 8.02. The van der Waals surface area contributed by atoms with E-state index in [4.69, 9.17) is 5.73 Å². The molecule has 14 heteroatoms. The van der Waals surface area contributed by atoms with E-state index < -0.39 is 46.3 Å². The number of anilines is 3. The van der Waals surface area contributed by atoms with Crippen molar-refractivity contribution in [2.45, 2.75) is 19.3 Å². The highest BCUT2D eigenvalue weighted by Gasteiger charge is 2.31. The monoisotopic (exact) mass is 562 g/mol. The van der Waals surface area contributed by atoms with Crippen LogP contribution in [0.3, 0.4) is 0 Å². The number of nitrogens with zero attached hydrogens (tertiary/aromatic N) is 2. The summed E-state index contributed by atoms with van der Waals surface area (Å²) in [6.45, 7) is -0.615. The summed E-state index contributed by atoms with van der Waals surface area (Å²) in [4.78, 5) is 30.2. The van der Waals surface area contributed by atoms with Crippen LogP contribution >= 0.6 is 0 Å². The third kappa shape index (κ3) is 5.72. The van der Waals surface area contributed by atoms with Crippen LogP contribution in [-0.4, -0.2) is 34.3 Å². The predicted molar refractivity (Wildman–Crippen MR) is 140 cm³/mol. The van der Waals surface area contributed by atoms with Gasteiger partial charge in [0.1, 0.15) is 17.5 Å². The Morgan fingerprint density at radius 2 is 1.73 bits per heavy atom. The van der Waals surface area contributed by atoms with Crippen LogP contribution in [0.25, 0.3) is 22.0 Å². The largest absolute Gasteiger partial charge is 0.416 e. The molecule has 9 nitrogen and oxygen atoms in total. The fraction of sp³-hybridized carbons (Fsp3) is 0.192. The van der Waals surface area contributed by atoms with Crippen LogP contribution in [0.15, 0.2) is 53.5 Å². The van der Waals surface area contributed by atoms with E-state index in [9.17, 15) is 36.6 Å². The lowest BCUT2D eigenvalue weighted by molar-refractivity contribution is -0.137. The fourth-order valence-corrected chi connectivity index (χ4v) is 4.13. The van der Waals surface area contributed by atoms with Crippen LogP contribution in [0.1, 0.15) is 11.1 Å². The number of carbonyl (C=O) groups excluding carboxylic acids is 1. The summed E-state index contributed by atoms with van der Waals surface area (Å²) in [6.07, 6.45) is -3.29. The number of carbonyl (C=O) groups is 1. The molecule has 6 N–H and O–H groups in total. The lowest BCUT2D eigenvalue weighted by Crippen LogP contribution is -2.25. The van der Waals surface area contributed by atoms with Gasteiger partial charge >= 0.3 is 12.2 Å². The molecule has 4 rings (SSSR count). The first kappa shape index (κ1) is 28.4. The van der Waals surface area contributed by atoms with E-state index in [2.05, 4.69) is 15.6 Å². The number of hydrogen-bond acceptors (Lipinski definition) is 6. The fourth-order valence-electron chi connectivity index (χ4n) is 4.13. The molecular formula is C26H23F5N6O3. The van der Waals surface area contributed by atoms with Crippen molar-refractivity contribution in [2.24, 2.45) is 5.73 Å². The Bertz CT molecular complexity index is 1660. The first-order chi connectivity index (χ1) is 19.0. The second-order valence-corrected chi connectivity index (χ2v) is 8.58. The van der Waals surface area contributed by atoms with E-state index in [1.54, 1.807) is 13.1 Å². The number of hydrogen-bond donors (Lipinski definition) is 5. The molecule has 0 unspecified atom stereocenters. The molecule has 0 saturated heterocycles. The summed E-state index contributed by atoms with van der Waals surface area (Å²) < 4.78 is 69.3. The highest BCUT2D eigenvalue weighted by molar-refractivity contribution is 6.00. The molecule has 0 radical (unpaired) electrons. The van der Waals surface area contributed by atoms with Crippen LogP contribution < -0.4 is 27.2 Å². The van der Waals surface area contributed by atoms with Gasteiger partial charge in [-0.1, -0.05) is 0 Å². The van der Waals surface area contributed by atoms with Gasteiger partial charge in [0, 0.05) is 43.4 Å². The average Bonchev–Trinajstić information content (AvgIpc) is 2.91. The number of fused-ring (bicyclic) bond motifs is 1. The zero-order valence-corrected chi connectivity index (χ0v) is 20.9. The van der Waals surface area contributed by atoms with Gasteiger partial charge in [0.25, 0.3) is 5.56 Å². The topological polar surface area (TPSA) is 134 Å². The minimum Gasteiger partial charge on any atom is -0.395 e. The van der Waals surface area contributed by atoms with Gasteiger partial charge in [-0.05, 0) is 47.5 Å². The van der Waals surface area contributed by atoms with Gasteiger partial charge in [-0.25, -0.2) is 18.6 Å². The first-order valence-corrected chi connectivity index (χ1v) is 11.8. The summed E-state index contributed by atoms with van der Waals surface area (Å²) in [6, 6.07) is 5.49. The van der Waals surface area contributed by atoms with Crippen molar-refractivity contribution in [3.05, 3.63) is 81.8 Å². The number of alkyl halides is 3. The molecule has 2 heterocycles. The second-order valence-electron chi connectivity index (χ2n) is 8.58. The Balaban J connectivity index is 1.76. The second kappa shape index (κ2) is 11.3. The first-order valence-electron chi connectivity index (χ1n) is 11.8. The third-order valence-corrected chi connectivity index (χ3v) is 6.05. The summed E-state index contributed by atoms with van der Waals surface area (Å²) >= 11 is 0. The number of rotatable bonds is 7. The van der Waals surface area contributed by atoms with Crippen LogP contribution in [0, 0.1) is 11.6 Å². The number of aromatic nitrogens is 2. The quantitative estimate of drug-likeness (QED) is 0.211. The number of aliphatic hydroxyl groups excluding tert-OH is 1. The number of urea groups is 1. The average molecular weight is 562 g/mol. The summed E-state index contributed by atoms with van der Waals surface area (Å²) in [5, 5.41) is 17.0. The van der Waals surface area contributed by atoms with Crippen LogP contribution in [-0.2, 0) is 19.3 Å². The molecule has 210 valence electrons. The van der Waals surface area contributed by atoms with Crippen molar-refractivity contribution in [2.75, 3.05) is 29.6 Å². The molecule has 0 bridgehead atoms. The summed E-state index contributed by atoms with van der Waals surface area (Å²) in [5.41, 5.74) is 3.73. The van der Waals surface area contributed by atoms with Crippen LogP contribution in [0.4, 0.5) is 43.9 Å². The normalized spacial score (nSPS) is 11.5. The maximum atomic E-state index is 14.9. The van der Waals surface area contributed by atoms with Gasteiger partial charge in [-0.15, -0.1) is 0 Å². The maximum absolute atomic E-state index is 14.9. The van der Waals surface area contributed by atoms with Gasteiger partial charge in [0.2, 0.25) is 0 Å². The summed E-state index contributed by atoms with van der Waals surface area (Å²) in [7, 11) is 1.65. The molecule has 40 heavy (non-hydrogen) atoms. The van der Waals surface area contributed by atoms with Crippen molar-refractivity contribution in [3.8, 4) is 11.1 Å². The third-order valence-electron chi connectivity index (χ3n) is 6.05. The lowest BCUT2D eigenvalue weighted by Gasteiger charge is -2.17. The Labute approximate surface area is 223 Å². The van der Waals surface area contributed by atoms with E-state index >= 15 is 0 Å². The molecule has 0 aliphatic carbocycles. The predicted octanol–water partition coefficient (Wildman–Crippen LogP) is 4.50. The van der Waals surface area contributed by atoms with E-state index in [-0.39, 0.29) is 36.4 Å². The molecule has 4 aromatic rings. The molecule has 0 aliphatic heterocycles. The Morgan fingerprint density at radius 3 is 2.35 bits per heavy atom.